The number of carbonyl (C=O) groups excluding carboxylic acids is 1. The fourth-order valence-corrected chi connectivity index (χ4v) is 4.07. The fourth-order valence-electron chi connectivity index (χ4n) is 4.07. The molecule has 3 aliphatic rings. The van der Waals surface area contributed by atoms with Crippen molar-refractivity contribution in [2.75, 3.05) is 19.7 Å². The molecule has 1 aromatic carbocycles. The third-order valence-electron chi connectivity index (χ3n) is 5.59. The predicted octanol–water partition coefficient (Wildman–Crippen LogP) is 2.72. The van der Waals surface area contributed by atoms with Gasteiger partial charge in [0.1, 0.15) is 0 Å². The molecule has 0 aliphatic carbocycles. The van der Waals surface area contributed by atoms with E-state index in [1.165, 1.54) is 0 Å². The molecule has 3 fully saturated rings. The number of aliphatic hydroxyl groups is 1. The van der Waals surface area contributed by atoms with Crippen molar-refractivity contribution in [2.45, 2.75) is 51.2 Å². The summed E-state index contributed by atoms with van der Waals surface area (Å²) in [6.07, 6.45) is 5.47. The highest BCUT2D eigenvalue weighted by molar-refractivity contribution is 5.69. The second-order valence-electron chi connectivity index (χ2n) is 7.37. The van der Waals surface area contributed by atoms with E-state index in [4.69, 9.17) is 4.74 Å². The molecule has 0 radical (unpaired) electrons. The highest BCUT2D eigenvalue weighted by Gasteiger charge is 2.40. The fraction of sp³-hybridized carbons (Fsp3) is 0.522. The number of esters is 1. The van der Waals surface area contributed by atoms with Gasteiger partial charge in [0.2, 0.25) is 0 Å². The standard InChI is InChI=1S/C23H29NO3/c1-3-5-20-16-17(7-11-22(25)27-4-2)6-8-18(20)9-10-21-23(26)19-12-14-24(21)15-13-19/h3,6,8,16,19,21,23,26H,1,4-5,7,11-15H2,2H3. The van der Waals surface area contributed by atoms with Crippen molar-refractivity contribution in [3.8, 4) is 11.8 Å². The van der Waals surface area contributed by atoms with Gasteiger partial charge in [-0.15, -0.1) is 6.58 Å². The Hall–Kier alpha value is -2.09. The summed E-state index contributed by atoms with van der Waals surface area (Å²) in [5.74, 6) is 6.86. The summed E-state index contributed by atoms with van der Waals surface area (Å²) in [7, 11) is 0. The number of carbonyl (C=O) groups is 1. The van der Waals surface area contributed by atoms with Gasteiger partial charge in [0.25, 0.3) is 0 Å². The van der Waals surface area contributed by atoms with E-state index in [2.05, 4.69) is 29.4 Å². The number of rotatable bonds is 6. The van der Waals surface area contributed by atoms with Crippen LogP contribution in [0.5, 0.6) is 0 Å². The van der Waals surface area contributed by atoms with E-state index in [0.717, 1.165) is 49.0 Å². The van der Waals surface area contributed by atoms with Gasteiger partial charge in [-0.2, -0.15) is 0 Å². The summed E-state index contributed by atoms with van der Waals surface area (Å²) in [5.41, 5.74) is 3.19. The van der Waals surface area contributed by atoms with E-state index in [0.29, 0.717) is 25.4 Å². The van der Waals surface area contributed by atoms with Gasteiger partial charge < -0.3 is 9.84 Å². The summed E-state index contributed by atoms with van der Waals surface area (Å²) in [6.45, 7) is 8.15. The van der Waals surface area contributed by atoms with Gasteiger partial charge in [0.05, 0.1) is 18.8 Å². The zero-order valence-corrected chi connectivity index (χ0v) is 16.1. The largest absolute Gasteiger partial charge is 0.466 e. The molecule has 0 amide bonds. The molecule has 4 nitrogen and oxygen atoms in total. The molecule has 3 saturated heterocycles. The van der Waals surface area contributed by atoms with E-state index >= 15 is 0 Å². The van der Waals surface area contributed by atoms with Gasteiger partial charge in [-0.1, -0.05) is 30.0 Å². The molecule has 4 heteroatoms. The van der Waals surface area contributed by atoms with E-state index in [9.17, 15) is 9.90 Å². The van der Waals surface area contributed by atoms with Crippen LogP contribution in [0.4, 0.5) is 0 Å². The molecule has 0 saturated carbocycles. The first kappa shape index (κ1) is 19.7. The number of nitrogens with zero attached hydrogens (tertiary/aromatic N) is 1. The summed E-state index contributed by atoms with van der Waals surface area (Å²) in [5, 5.41) is 10.5. The molecule has 3 heterocycles. The van der Waals surface area contributed by atoms with Crippen LogP contribution in [-0.4, -0.2) is 47.8 Å². The van der Waals surface area contributed by atoms with Crippen LogP contribution in [0.1, 0.15) is 42.9 Å². The first-order valence-corrected chi connectivity index (χ1v) is 9.94. The van der Waals surface area contributed by atoms with Crippen LogP contribution in [0.25, 0.3) is 0 Å². The lowest BCUT2D eigenvalue weighted by Gasteiger charge is -2.46. The molecular weight excluding hydrogens is 338 g/mol. The Morgan fingerprint density at radius 1 is 1.41 bits per heavy atom. The SMILES string of the molecule is C=CCc1cc(CCC(=O)OCC)ccc1C#CC1C(O)C2CCN1CC2. The molecule has 1 N–H and O–H groups in total. The Balaban J connectivity index is 1.73. The summed E-state index contributed by atoms with van der Waals surface area (Å²) < 4.78 is 5.00. The van der Waals surface area contributed by atoms with Gasteiger partial charge in [0.15, 0.2) is 0 Å². The molecule has 2 bridgehead atoms. The van der Waals surface area contributed by atoms with Crippen molar-refractivity contribution >= 4 is 5.97 Å². The second-order valence-corrected chi connectivity index (χ2v) is 7.37. The molecule has 1 aromatic rings. The number of aliphatic hydroxyl groups excluding tert-OH is 1. The van der Waals surface area contributed by atoms with Crippen LogP contribution >= 0.6 is 0 Å². The highest BCUT2D eigenvalue weighted by atomic mass is 16.5. The first-order chi connectivity index (χ1) is 13.1. The number of ether oxygens (including phenoxy) is 1. The Morgan fingerprint density at radius 3 is 2.85 bits per heavy atom. The van der Waals surface area contributed by atoms with Gasteiger partial charge in [0, 0.05) is 12.0 Å². The summed E-state index contributed by atoms with van der Waals surface area (Å²) >= 11 is 0. The Kier molecular flexibility index (Phi) is 6.71. The minimum absolute atomic E-state index is 0.0578. The first-order valence-electron chi connectivity index (χ1n) is 9.94. The highest BCUT2D eigenvalue weighted by Crippen LogP contribution is 2.32. The summed E-state index contributed by atoms with van der Waals surface area (Å²) in [4.78, 5) is 13.9. The lowest BCUT2D eigenvalue weighted by molar-refractivity contribution is -0.143. The van der Waals surface area contributed by atoms with Crippen molar-refractivity contribution in [1.82, 2.24) is 4.90 Å². The zero-order valence-electron chi connectivity index (χ0n) is 16.1. The van der Waals surface area contributed by atoms with Crippen LogP contribution in [-0.2, 0) is 22.4 Å². The van der Waals surface area contributed by atoms with Crippen molar-refractivity contribution in [2.24, 2.45) is 5.92 Å². The van der Waals surface area contributed by atoms with Crippen LogP contribution in [0.3, 0.4) is 0 Å². The summed E-state index contributed by atoms with van der Waals surface area (Å²) in [6, 6.07) is 6.10. The average Bonchev–Trinajstić information content (AvgIpc) is 2.68. The van der Waals surface area contributed by atoms with Crippen molar-refractivity contribution in [3.05, 3.63) is 47.5 Å². The van der Waals surface area contributed by atoms with Gasteiger partial charge in [-0.05, 0) is 68.8 Å². The normalized spacial score (nSPS) is 26.1. The van der Waals surface area contributed by atoms with Crippen LogP contribution in [0.15, 0.2) is 30.9 Å². The predicted molar refractivity (Wildman–Crippen MR) is 106 cm³/mol. The number of aryl methyl sites for hydroxylation is 1. The molecule has 0 spiro atoms. The molecular formula is C23H29NO3. The molecule has 0 aromatic heterocycles. The number of hydrogen-bond donors (Lipinski definition) is 1. The van der Waals surface area contributed by atoms with Crippen LogP contribution in [0, 0.1) is 17.8 Å². The molecule has 144 valence electrons. The van der Waals surface area contributed by atoms with Crippen molar-refractivity contribution in [1.29, 1.82) is 0 Å². The van der Waals surface area contributed by atoms with E-state index < -0.39 is 0 Å². The molecule has 2 atom stereocenters. The monoisotopic (exact) mass is 367 g/mol. The van der Waals surface area contributed by atoms with Crippen LogP contribution < -0.4 is 0 Å². The average molecular weight is 367 g/mol. The number of benzene rings is 1. The van der Waals surface area contributed by atoms with E-state index in [1.54, 1.807) is 0 Å². The Bertz CT molecular complexity index is 736. The minimum atomic E-state index is -0.341. The Morgan fingerprint density at radius 2 is 2.19 bits per heavy atom. The number of hydrogen-bond acceptors (Lipinski definition) is 4. The van der Waals surface area contributed by atoms with E-state index in [1.807, 2.05) is 25.1 Å². The maximum Gasteiger partial charge on any atom is 0.306 e. The Labute approximate surface area is 162 Å². The van der Waals surface area contributed by atoms with Gasteiger partial charge in [-0.3, -0.25) is 9.69 Å². The molecule has 3 aliphatic heterocycles. The lowest BCUT2D eigenvalue weighted by atomic mass is 9.81. The number of fused-ring (bicyclic) bond motifs is 3. The quantitative estimate of drug-likeness (QED) is 0.477. The third-order valence-corrected chi connectivity index (χ3v) is 5.59. The van der Waals surface area contributed by atoms with Crippen LogP contribution in [0.2, 0.25) is 0 Å². The lowest BCUT2D eigenvalue weighted by Crippen LogP contribution is -2.57. The van der Waals surface area contributed by atoms with Gasteiger partial charge >= 0.3 is 5.97 Å². The van der Waals surface area contributed by atoms with Crippen molar-refractivity contribution < 1.29 is 14.6 Å². The van der Waals surface area contributed by atoms with E-state index in [-0.39, 0.29) is 18.1 Å². The maximum absolute atomic E-state index is 11.6. The second kappa shape index (κ2) is 9.21. The van der Waals surface area contributed by atoms with Gasteiger partial charge in [-0.25, -0.2) is 0 Å². The third kappa shape index (κ3) is 4.80. The smallest absolute Gasteiger partial charge is 0.306 e. The topological polar surface area (TPSA) is 49.8 Å². The molecule has 4 rings (SSSR count). The number of allylic oxidation sites excluding steroid dienone is 1. The minimum Gasteiger partial charge on any atom is -0.466 e. The van der Waals surface area contributed by atoms with Crippen molar-refractivity contribution in [3.63, 3.8) is 0 Å². The number of piperidine rings is 3. The maximum atomic E-state index is 11.6. The molecule has 27 heavy (non-hydrogen) atoms. The molecule has 2 unspecified atom stereocenters. The zero-order chi connectivity index (χ0) is 19.2.